The lowest BCUT2D eigenvalue weighted by Crippen LogP contribution is -2.40. The number of aromatic nitrogens is 3. The molecule has 9 heteroatoms. The Balaban J connectivity index is 1.70. The zero-order chi connectivity index (χ0) is 21.4. The van der Waals surface area contributed by atoms with Crippen LogP contribution < -0.4 is 5.32 Å². The van der Waals surface area contributed by atoms with Crippen LogP contribution in [0.3, 0.4) is 0 Å². The van der Waals surface area contributed by atoms with Crippen LogP contribution in [-0.4, -0.2) is 56.7 Å². The Morgan fingerprint density at radius 3 is 2.60 bits per heavy atom. The first-order valence-corrected chi connectivity index (χ1v) is 11.3. The second-order valence-electron chi connectivity index (χ2n) is 7.95. The Hall–Kier alpha value is -2.55. The molecule has 0 saturated carbocycles. The molecule has 30 heavy (non-hydrogen) atoms. The number of nitrogens with one attached hydrogen (secondary N) is 1. The van der Waals surface area contributed by atoms with Gasteiger partial charge in [0.05, 0.1) is 29.0 Å². The van der Waals surface area contributed by atoms with Gasteiger partial charge in [0, 0.05) is 32.6 Å². The third-order valence-electron chi connectivity index (χ3n) is 5.92. The van der Waals surface area contributed by atoms with Gasteiger partial charge in [0.2, 0.25) is 5.91 Å². The minimum absolute atomic E-state index is 0.0143. The van der Waals surface area contributed by atoms with Gasteiger partial charge in [0.15, 0.2) is 5.82 Å². The maximum absolute atomic E-state index is 13.4. The maximum atomic E-state index is 13.4. The summed E-state index contributed by atoms with van der Waals surface area (Å²) in [4.78, 5) is 43.8. The molecule has 8 nitrogen and oxygen atoms in total. The number of thiazole rings is 1. The van der Waals surface area contributed by atoms with E-state index in [4.69, 9.17) is 9.97 Å². The van der Waals surface area contributed by atoms with Crippen molar-refractivity contribution in [2.24, 2.45) is 0 Å². The lowest BCUT2D eigenvalue weighted by atomic mass is 9.99. The maximum Gasteiger partial charge on any atom is 0.266 e. The fourth-order valence-electron chi connectivity index (χ4n) is 4.38. The van der Waals surface area contributed by atoms with E-state index < -0.39 is 0 Å². The molecule has 1 N–H and O–H groups in total. The summed E-state index contributed by atoms with van der Waals surface area (Å²) in [6, 6.07) is -0.168. The fourth-order valence-corrected chi connectivity index (χ4v) is 5.25. The van der Waals surface area contributed by atoms with Gasteiger partial charge in [-0.05, 0) is 39.5 Å². The monoisotopic (exact) mass is 428 g/mol. The number of carbonyl (C=O) groups excluding carboxylic acids is 2. The molecule has 4 heterocycles. The largest absolute Gasteiger partial charge is 0.373 e. The number of piperidine rings is 1. The number of rotatable bonds is 3. The van der Waals surface area contributed by atoms with Crippen LogP contribution in [-0.2, 0) is 17.8 Å². The van der Waals surface area contributed by atoms with Crippen LogP contribution in [0.4, 0.5) is 5.82 Å². The molecule has 1 unspecified atom stereocenters. The van der Waals surface area contributed by atoms with Gasteiger partial charge in [0.25, 0.3) is 5.91 Å². The SMILES string of the molecule is CNc1nc(C2CCCCN2C(=O)c2sc(C)nc2C)nc2c1CCN(C(C)=O)C2. The number of hydrogen-bond donors (Lipinski definition) is 1. The van der Waals surface area contributed by atoms with Gasteiger partial charge in [-0.15, -0.1) is 11.3 Å². The third-order valence-corrected chi connectivity index (χ3v) is 6.98. The second kappa shape index (κ2) is 8.29. The van der Waals surface area contributed by atoms with Crippen molar-refractivity contribution in [3.8, 4) is 0 Å². The average molecular weight is 429 g/mol. The average Bonchev–Trinajstić information content (AvgIpc) is 3.09. The van der Waals surface area contributed by atoms with Crippen LogP contribution in [0, 0.1) is 13.8 Å². The second-order valence-corrected chi connectivity index (χ2v) is 9.16. The van der Waals surface area contributed by atoms with Crippen molar-refractivity contribution in [2.45, 2.75) is 59.0 Å². The van der Waals surface area contributed by atoms with E-state index in [0.29, 0.717) is 30.3 Å². The number of anilines is 1. The molecule has 160 valence electrons. The van der Waals surface area contributed by atoms with Crippen molar-refractivity contribution in [2.75, 3.05) is 25.5 Å². The van der Waals surface area contributed by atoms with Crippen molar-refractivity contribution in [3.63, 3.8) is 0 Å². The van der Waals surface area contributed by atoms with Gasteiger partial charge in [0.1, 0.15) is 10.7 Å². The molecule has 1 fully saturated rings. The fraction of sp³-hybridized carbons (Fsp3) is 0.571. The molecule has 2 amide bonds. The van der Waals surface area contributed by atoms with Crippen LogP contribution in [0.2, 0.25) is 0 Å². The van der Waals surface area contributed by atoms with Crippen LogP contribution in [0.15, 0.2) is 0 Å². The van der Waals surface area contributed by atoms with Crippen LogP contribution >= 0.6 is 11.3 Å². The summed E-state index contributed by atoms with van der Waals surface area (Å²) in [5.41, 5.74) is 2.74. The van der Waals surface area contributed by atoms with E-state index in [-0.39, 0.29) is 17.9 Å². The number of nitrogens with zero attached hydrogens (tertiary/aromatic N) is 5. The molecule has 4 rings (SSSR count). The molecule has 2 aliphatic rings. The number of aryl methyl sites for hydroxylation is 2. The molecule has 0 spiro atoms. The first-order chi connectivity index (χ1) is 14.4. The standard InChI is InChI=1S/C21H28N6O2S/c1-12-18(30-13(2)23-12)21(29)27-9-6-5-7-17(27)20-24-16-11-26(14(3)28)10-8-15(16)19(22-4)25-20/h17H,5-11H2,1-4H3,(H,22,24,25). The summed E-state index contributed by atoms with van der Waals surface area (Å²) < 4.78 is 0. The predicted molar refractivity (Wildman–Crippen MR) is 116 cm³/mol. The number of carbonyl (C=O) groups is 2. The highest BCUT2D eigenvalue weighted by Gasteiger charge is 2.34. The number of amides is 2. The van der Waals surface area contributed by atoms with Crippen molar-refractivity contribution >= 4 is 29.0 Å². The van der Waals surface area contributed by atoms with Crippen LogP contribution in [0.25, 0.3) is 0 Å². The van der Waals surface area contributed by atoms with E-state index in [1.807, 2.05) is 30.7 Å². The minimum Gasteiger partial charge on any atom is -0.373 e. The summed E-state index contributed by atoms with van der Waals surface area (Å²) in [6.07, 6.45) is 3.57. The highest BCUT2D eigenvalue weighted by atomic mass is 32.1. The summed E-state index contributed by atoms with van der Waals surface area (Å²) in [5.74, 6) is 1.54. The minimum atomic E-state index is -0.168. The first kappa shape index (κ1) is 20.7. The van der Waals surface area contributed by atoms with Gasteiger partial charge in [-0.2, -0.15) is 0 Å². The lowest BCUT2D eigenvalue weighted by Gasteiger charge is -2.36. The molecule has 2 aromatic heterocycles. The van der Waals surface area contributed by atoms with Gasteiger partial charge in [-0.1, -0.05) is 0 Å². The van der Waals surface area contributed by atoms with Gasteiger partial charge in [-0.3, -0.25) is 9.59 Å². The van der Waals surface area contributed by atoms with Crippen molar-refractivity contribution in [1.29, 1.82) is 0 Å². The highest BCUT2D eigenvalue weighted by molar-refractivity contribution is 7.13. The summed E-state index contributed by atoms with van der Waals surface area (Å²) >= 11 is 1.45. The number of likely N-dealkylation sites (tertiary alicyclic amines) is 1. The topological polar surface area (TPSA) is 91.3 Å². The van der Waals surface area contributed by atoms with Crippen LogP contribution in [0.1, 0.15) is 69.7 Å². The molecule has 0 radical (unpaired) electrons. The molecule has 2 aromatic rings. The predicted octanol–water partition coefficient (Wildman–Crippen LogP) is 2.86. The van der Waals surface area contributed by atoms with Gasteiger partial charge in [-0.25, -0.2) is 15.0 Å². The zero-order valence-electron chi connectivity index (χ0n) is 18.0. The molecule has 0 aromatic carbocycles. The number of hydrogen-bond acceptors (Lipinski definition) is 7. The zero-order valence-corrected chi connectivity index (χ0v) is 18.8. The first-order valence-electron chi connectivity index (χ1n) is 10.5. The van der Waals surface area contributed by atoms with Gasteiger partial charge >= 0.3 is 0 Å². The molecule has 1 atom stereocenters. The molecule has 0 aliphatic carbocycles. The molecular formula is C21H28N6O2S. The Labute approximate surface area is 180 Å². The Kier molecular flexibility index (Phi) is 5.73. The normalized spacial score (nSPS) is 18.9. The van der Waals surface area contributed by atoms with E-state index in [9.17, 15) is 9.59 Å². The molecule has 1 saturated heterocycles. The van der Waals surface area contributed by atoms with Crippen molar-refractivity contribution < 1.29 is 9.59 Å². The smallest absolute Gasteiger partial charge is 0.266 e. The number of fused-ring (bicyclic) bond motifs is 1. The Morgan fingerprint density at radius 1 is 1.13 bits per heavy atom. The lowest BCUT2D eigenvalue weighted by molar-refractivity contribution is -0.129. The summed E-state index contributed by atoms with van der Waals surface area (Å²) in [5, 5.41) is 4.10. The molecule has 0 bridgehead atoms. The quantitative estimate of drug-likeness (QED) is 0.808. The molecule has 2 aliphatic heterocycles. The van der Waals surface area contributed by atoms with E-state index in [0.717, 1.165) is 53.5 Å². The van der Waals surface area contributed by atoms with E-state index >= 15 is 0 Å². The highest BCUT2D eigenvalue weighted by Crippen LogP contribution is 2.34. The molecular weight excluding hydrogens is 400 g/mol. The van der Waals surface area contributed by atoms with E-state index in [2.05, 4.69) is 10.3 Å². The summed E-state index contributed by atoms with van der Waals surface area (Å²) in [6.45, 7) is 7.26. The third kappa shape index (κ3) is 3.78. The van der Waals surface area contributed by atoms with Crippen molar-refractivity contribution in [3.05, 3.63) is 32.7 Å². The van der Waals surface area contributed by atoms with E-state index in [1.54, 1.807) is 6.92 Å². The van der Waals surface area contributed by atoms with Crippen molar-refractivity contribution in [1.82, 2.24) is 24.8 Å². The Bertz CT molecular complexity index is 988. The van der Waals surface area contributed by atoms with Gasteiger partial charge < -0.3 is 15.1 Å². The summed E-state index contributed by atoms with van der Waals surface area (Å²) in [7, 11) is 1.86. The van der Waals surface area contributed by atoms with E-state index in [1.165, 1.54) is 11.3 Å². The Morgan fingerprint density at radius 2 is 1.93 bits per heavy atom. The van der Waals surface area contributed by atoms with Crippen LogP contribution in [0.5, 0.6) is 0 Å².